The number of thioether (sulfide) groups is 1. The van der Waals surface area contributed by atoms with E-state index in [1.165, 1.54) is 11.5 Å². The number of aryl methyl sites for hydroxylation is 1. The van der Waals surface area contributed by atoms with Gasteiger partial charge in [-0.1, -0.05) is 11.8 Å². The summed E-state index contributed by atoms with van der Waals surface area (Å²) < 4.78 is 6.23. The zero-order valence-corrected chi connectivity index (χ0v) is 10.4. The van der Waals surface area contributed by atoms with Gasteiger partial charge in [-0.05, 0) is 24.9 Å². The molecule has 0 fully saturated rings. The number of imidazole rings is 1. The van der Waals surface area contributed by atoms with Gasteiger partial charge >= 0.3 is 0 Å². The van der Waals surface area contributed by atoms with Crippen molar-refractivity contribution < 1.29 is 0 Å². The lowest BCUT2D eigenvalue weighted by Gasteiger charge is -2.13. The first-order valence-corrected chi connectivity index (χ1v) is 6.81. The third-order valence-electron chi connectivity index (χ3n) is 2.46. The van der Waals surface area contributed by atoms with Gasteiger partial charge in [0.05, 0.1) is 0 Å². The fraction of sp³-hybridized carbons (Fsp3) is 0.444. The Morgan fingerprint density at radius 2 is 2.25 bits per heavy atom. The van der Waals surface area contributed by atoms with E-state index in [2.05, 4.69) is 18.9 Å². The molecule has 1 aliphatic heterocycles. The summed E-state index contributed by atoms with van der Waals surface area (Å²) in [6, 6.07) is 0. The van der Waals surface area contributed by atoms with Crippen molar-refractivity contribution in [3.05, 3.63) is 5.82 Å². The molecule has 0 atom stereocenters. The maximum atomic E-state index is 6.09. The van der Waals surface area contributed by atoms with Crippen molar-refractivity contribution in [1.82, 2.24) is 18.9 Å². The molecule has 2 aromatic heterocycles. The Morgan fingerprint density at radius 3 is 2.94 bits per heavy atom. The highest BCUT2D eigenvalue weighted by atomic mass is 32.2. The lowest BCUT2D eigenvalue weighted by Crippen LogP contribution is -2.09. The van der Waals surface area contributed by atoms with Crippen LogP contribution in [0.2, 0.25) is 0 Å². The Kier molecular flexibility index (Phi) is 2.36. The first-order valence-electron chi connectivity index (χ1n) is 5.05. The summed E-state index contributed by atoms with van der Waals surface area (Å²) in [4.78, 5) is 8.87. The SMILES string of the molecule is Cc1nsc(-c2nc3n(c2N)CCCS3)n1. The van der Waals surface area contributed by atoms with Gasteiger partial charge < -0.3 is 10.3 Å². The van der Waals surface area contributed by atoms with Crippen LogP contribution < -0.4 is 5.73 Å². The highest BCUT2D eigenvalue weighted by Gasteiger charge is 2.21. The quantitative estimate of drug-likeness (QED) is 0.839. The van der Waals surface area contributed by atoms with Crippen LogP contribution in [-0.2, 0) is 6.54 Å². The Bertz CT molecular complexity index is 530. The third-order valence-corrected chi connectivity index (χ3v) is 4.33. The van der Waals surface area contributed by atoms with Gasteiger partial charge in [0.25, 0.3) is 0 Å². The highest BCUT2D eigenvalue weighted by molar-refractivity contribution is 7.99. The van der Waals surface area contributed by atoms with Crippen molar-refractivity contribution in [3.8, 4) is 10.7 Å². The Labute approximate surface area is 101 Å². The maximum absolute atomic E-state index is 6.09. The van der Waals surface area contributed by atoms with Crippen molar-refractivity contribution in [1.29, 1.82) is 0 Å². The van der Waals surface area contributed by atoms with Gasteiger partial charge in [0.1, 0.15) is 17.3 Å². The molecule has 2 N–H and O–H groups in total. The lowest BCUT2D eigenvalue weighted by molar-refractivity contribution is 0.614. The van der Waals surface area contributed by atoms with Gasteiger partial charge in [0, 0.05) is 12.3 Å². The number of nitrogens with two attached hydrogens (primary N) is 1. The van der Waals surface area contributed by atoms with E-state index in [1.807, 2.05) is 6.92 Å². The molecule has 2 aromatic rings. The fourth-order valence-electron chi connectivity index (χ4n) is 1.71. The Balaban J connectivity index is 2.11. The maximum Gasteiger partial charge on any atom is 0.170 e. The largest absolute Gasteiger partial charge is 0.383 e. The average molecular weight is 253 g/mol. The fourth-order valence-corrected chi connectivity index (χ4v) is 3.33. The number of rotatable bonds is 1. The number of aromatic nitrogens is 4. The van der Waals surface area contributed by atoms with E-state index in [9.17, 15) is 0 Å². The van der Waals surface area contributed by atoms with E-state index in [1.54, 1.807) is 11.8 Å². The van der Waals surface area contributed by atoms with E-state index in [4.69, 9.17) is 5.73 Å². The molecule has 1 aliphatic rings. The van der Waals surface area contributed by atoms with E-state index >= 15 is 0 Å². The van der Waals surface area contributed by atoms with Crippen LogP contribution in [0.1, 0.15) is 12.2 Å². The van der Waals surface area contributed by atoms with Gasteiger partial charge in [-0.25, -0.2) is 9.97 Å². The van der Waals surface area contributed by atoms with Gasteiger partial charge in [-0.15, -0.1) is 0 Å². The molecule has 5 nitrogen and oxygen atoms in total. The van der Waals surface area contributed by atoms with Crippen molar-refractivity contribution >= 4 is 29.1 Å². The summed E-state index contributed by atoms with van der Waals surface area (Å²) in [5, 5.41) is 1.82. The number of nitrogens with zero attached hydrogens (tertiary/aromatic N) is 4. The first-order chi connectivity index (χ1) is 7.75. The summed E-state index contributed by atoms with van der Waals surface area (Å²) in [6.45, 7) is 2.83. The molecular formula is C9H11N5S2. The lowest BCUT2D eigenvalue weighted by atomic mass is 10.4. The number of anilines is 1. The normalized spacial score (nSPS) is 15.1. The minimum absolute atomic E-state index is 0.721. The molecule has 0 aliphatic carbocycles. The first kappa shape index (κ1) is 10.1. The number of fused-ring (bicyclic) bond motifs is 1. The smallest absolute Gasteiger partial charge is 0.170 e. The van der Waals surface area contributed by atoms with Crippen LogP contribution in [0.15, 0.2) is 5.16 Å². The molecule has 0 radical (unpaired) electrons. The molecule has 84 valence electrons. The van der Waals surface area contributed by atoms with E-state index in [0.717, 1.165) is 46.2 Å². The topological polar surface area (TPSA) is 69.6 Å². The zero-order chi connectivity index (χ0) is 11.1. The Morgan fingerprint density at radius 1 is 1.38 bits per heavy atom. The van der Waals surface area contributed by atoms with Crippen LogP contribution >= 0.6 is 23.3 Å². The van der Waals surface area contributed by atoms with Gasteiger partial charge in [0.2, 0.25) is 0 Å². The molecule has 0 aromatic carbocycles. The van der Waals surface area contributed by atoms with E-state index in [-0.39, 0.29) is 0 Å². The average Bonchev–Trinajstić information content (AvgIpc) is 2.84. The van der Waals surface area contributed by atoms with Crippen molar-refractivity contribution in [2.45, 2.75) is 25.0 Å². The van der Waals surface area contributed by atoms with E-state index in [0.29, 0.717) is 0 Å². The third kappa shape index (κ3) is 1.51. The zero-order valence-electron chi connectivity index (χ0n) is 8.80. The Hall–Kier alpha value is -1.08. The predicted molar refractivity (Wildman–Crippen MR) is 65.6 cm³/mol. The minimum atomic E-state index is 0.721. The molecule has 7 heteroatoms. The standard InChI is InChI=1S/C9H11N5S2/c1-5-11-8(16-13-5)6-7(10)14-3-2-4-15-9(14)12-6/h2-4,10H2,1H3. The molecule has 0 saturated carbocycles. The molecule has 3 rings (SSSR count). The molecule has 16 heavy (non-hydrogen) atoms. The summed E-state index contributed by atoms with van der Waals surface area (Å²) in [6.07, 6.45) is 1.15. The second kappa shape index (κ2) is 3.74. The monoisotopic (exact) mass is 253 g/mol. The van der Waals surface area contributed by atoms with Crippen LogP contribution in [-0.4, -0.2) is 24.7 Å². The molecule has 0 saturated heterocycles. The van der Waals surface area contributed by atoms with Crippen LogP contribution in [0.5, 0.6) is 0 Å². The van der Waals surface area contributed by atoms with Crippen LogP contribution in [0.4, 0.5) is 5.82 Å². The molecule has 0 spiro atoms. The van der Waals surface area contributed by atoms with Crippen molar-refractivity contribution in [3.63, 3.8) is 0 Å². The predicted octanol–water partition coefficient (Wildman–Crippen LogP) is 1.79. The second-order valence-electron chi connectivity index (χ2n) is 3.63. The van der Waals surface area contributed by atoms with Crippen LogP contribution in [0.25, 0.3) is 10.7 Å². The molecular weight excluding hydrogens is 242 g/mol. The number of hydrogen-bond donors (Lipinski definition) is 1. The van der Waals surface area contributed by atoms with Gasteiger partial charge in [0.15, 0.2) is 10.2 Å². The minimum Gasteiger partial charge on any atom is -0.383 e. The number of hydrogen-bond acceptors (Lipinski definition) is 6. The van der Waals surface area contributed by atoms with Crippen LogP contribution in [0, 0.1) is 6.92 Å². The van der Waals surface area contributed by atoms with Crippen molar-refractivity contribution in [2.75, 3.05) is 11.5 Å². The van der Waals surface area contributed by atoms with E-state index < -0.39 is 0 Å². The molecule has 3 heterocycles. The highest BCUT2D eigenvalue weighted by Crippen LogP contribution is 2.34. The molecule has 0 amide bonds. The second-order valence-corrected chi connectivity index (χ2v) is 5.44. The molecule has 0 unspecified atom stereocenters. The summed E-state index contributed by atoms with van der Waals surface area (Å²) >= 11 is 3.11. The van der Waals surface area contributed by atoms with Gasteiger partial charge in [-0.3, -0.25) is 0 Å². The van der Waals surface area contributed by atoms with Gasteiger partial charge in [-0.2, -0.15) is 4.37 Å². The van der Waals surface area contributed by atoms with Crippen LogP contribution in [0.3, 0.4) is 0 Å². The summed E-state index contributed by atoms with van der Waals surface area (Å²) in [5.74, 6) is 2.61. The molecule has 0 bridgehead atoms. The van der Waals surface area contributed by atoms with Crippen molar-refractivity contribution in [2.24, 2.45) is 0 Å². The number of nitrogen functional groups attached to an aromatic ring is 1. The summed E-state index contributed by atoms with van der Waals surface area (Å²) in [5.41, 5.74) is 6.88. The summed E-state index contributed by atoms with van der Waals surface area (Å²) in [7, 11) is 0.